The van der Waals surface area contributed by atoms with Crippen molar-refractivity contribution in [1.82, 2.24) is 4.31 Å². The Kier molecular flexibility index (Phi) is 6.46. The summed E-state index contributed by atoms with van der Waals surface area (Å²) in [6.07, 6.45) is 1.06. The van der Waals surface area contributed by atoms with Gasteiger partial charge in [-0.1, -0.05) is 41.4 Å². The largest absolute Gasteiger partial charge is 0.325 e. The Morgan fingerprint density at radius 2 is 1.84 bits per heavy atom. The lowest BCUT2D eigenvalue weighted by Crippen LogP contribution is -2.36. The zero-order chi connectivity index (χ0) is 18.6. The molecule has 1 amide bonds. The van der Waals surface area contributed by atoms with Gasteiger partial charge in [0.05, 0.1) is 22.8 Å². The number of aryl methyl sites for hydroxylation is 1. The minimum atomic E-state index is -3.59. The van der Waals surface area contributed by atoms with Crippen LogP contribution in [0.3, 0.4) is 0 Å². The number of carbonyl (C=O) groups is 1. The number of hydrogen-bond acceptors (Lipinski definition) is 3. The Morgan fingerprint density at radius 3 is 2.44 bits per heavy atom. The van der Waals surface area contributed by atoms with Gasteiger partial charge in [-0.3, -0.25) is 4.79 Å². The van der Waals surface area contributed by atoms with E-state index in [1.807, 2.05) is 25.1 Å². The quantitative estimate of drug-likeness (QED) is 0.803. The van der Waals surface area contributed by atoms with Crippen molar-refractivity contribution < 1.29 is 13.2 Å². The summed E-state index contributed by atoms with van der Waals surface area (Å²) in [5.74, 6) is -0.420. The van der Waals surface area contributed by atoms with Crippen molar-refractivity contribution in [2.45, 2.75) is 13.5 Å². The maximum atomic E-state index is 12.2. The van der Waals surface area contributed by atoms with Crippen molar-refractivity contribution in [2.75, 3.05) is 18.1 Å². The number of nitrogens with zero attached hydrogens (tertiary/aromatic N) is 1. The molecule has 0 saturated heterocycles. The molecule has 0 unspecified atom stereocenters. The lowest BCUT2D eigenvalue weighted by atomic mass is 10.2. The Morgan fingerprint density at radius 1 is 1.12 bits per heavy atom. The molecular formula is C17H18Cl2N2O3S. The molecule has 0 saturated carbocycles. The van der Waals surface area contributed by atoms with Crippen LogP contribution in [0.15, 0.2) is 42.5 Å². The van der Waals surface area contributed by atoms with Crippen LogP contribution in [0.1, 0.15) is 11.1 Å². The molecule has 8 heteroatoms. The van der Waals surface area contributed by atoms with Gasteiger partial charge in [0.15, 0.2) is 0 Å². The fraction of sp³-hybridized carbons (Fsp3) is 0.235. The maximum Gasteiger partial charge on any atom is 0.239 e. The van der Waals surface area contributed by atoms with E-state index in [1.54, 1.807) is 24.3 Å². The summed E-state index contributed by atoms with van der Waals surface area (Å²) in [7, 11) is -3.59. The van der Waals surface area contributed by atoms with E-state index >= 15 is 0 Å². The van der Waals surface area contributed by atoms with Gasteiger partial charge in [-0.2, -0.15) is 4.31 Å². The molecule has 0 fully saturated rings. The average Bonchev–Trinajstić information content (AvgIpc) is 2.49. The third-order valence-electron chi connectivity index (χ3n) is 3.43. The smallest absolute Gasteiger partial charge is 0.239 e. The molecule has 5 nitrogen and oxygen atoms in total. The predicted molar refractivity (Wildman–Crippen MR) is 102 cm³/mol. The monoisotopic (exact) mass is 400 g/mol. The first-order valence-corrected chi connectivity index (χ1v) is 10.0. The summed E-state index contributed by atoms with van der Waals surface area (Å²) in [5.41, 5.74) is 2.25. The summed E-state index contributed by atoms with van der Waals surface area (Å²) >= 11 is 11.8. The lowest BCUT2D eigenvalue weighted by molar-refractivity contribution is -0.116. The Labute approximate surface area is 157 Å². The minimum Gasteiger partial charge on any atom is -0.325 e. The van der Waals surface area contributed by atoms with Crippen molar-refractivity contribution >= 4 is 44.8 Å². The van der Waals surface area contributed by atoms with Crippen LogP contribution >= 0.6 is 23.2 Å². The Balaban J connectivity index is 2.12. The third-order valence-corrected chi connectivity index (χ3v) is 5.37. The van der Waals surface area contributed by atoms with Gasteiger partial charge in [0, 0.05) is 12.2 Å². The summed E-state index contributed by atoms with van der Waals surface area (Å²) in [5, 5.41) is 3.41. The molecule has 0 aliphatic heterocycles. The van der Waals surface area contributed by atoms with Crippen LogP contribution in [-0.2, 0) is 21.4 Å². The minimum absolute atomic E-state index is 0.0248. The number of hydrogen-bond donors (Lipinski definition) is 1. The number of halogens is 2. The van der Waals surface area contributed by atoms with E-state index in [4.69, 9.17) is 23.2 Å². The van der Waals surface area contributed by atoms with Gasteiger partial charge < -0.3 is 5.32 Å². The summed E-state index contributed by atoms with van der Waals surface area (Å²) in [6.45, 7) is 1.63. The van der Waals surface area contributed by atoms with Crippen LogP contribution in [0.4, 0.5) is 5.69 Å². The van der Waals surface area contributed by atoms with E-state index in [1.165, 1.54) is 0 Å². The second-order valence-corrected chi connectivity index (χ2v) is 8.49. The Hall–Kier alpha value is -1.60. The van der Waals surface area contributed by atoms with Crippen molar-refractivity contribution in [2.24, 2.45) is 0 Å². The molecule has 2 rings (SSSR count). The lowest BCUT2D eigenvalue weighted by Gasteiger charge is -2.20. The molecule has 0 spiro atoms. The topological polar surface area (TPSA) is 66.5 Å². The third kappa shape index (κ3) is 6.01. The summed E-state index contributed by atoms with van der Waals surface area (Å²) in [4.78, 5) is 12.2. The van der Waals surface area contributed by atoms with Gasteiger partial charge in [-0.25, -0.2) is 8.42 Å². The van der Waals surface area contributed by atoms with E-state index in [9.17, 15) is 13.2 Å². The second-order valence-electron chi connectivity index (χ2n) is 5.70. The highest BCUT2D eigenvalue weighted by Crippen LogP contribution is 2.23. The van der Waals surface area contributed by atoms with Crippen LogP contribution in [0.2, 0.25) is 10.0 Å². The Bertz CT molecular complexity index is 885. The van der Waals surface area contributed by atoms with Crippen LogP contribution in [-0.4, -0.2) is 31.4 Å². The second kappa shape index (κ2) is 8.19. The zero-order valence-corrected chi connectivity index (χ0v) is 16.1. The highest BCUT2D eigenvalue weighted by molar-refractivity contribution is 7.88. The highest BCUT2D eigenvalue weighted by Gasteiger charge is 2.21. The molecule has 2 aromatic rings. The fourth-order valence-corrected chi connectivity index (χ4v) is 3.27. The van der Waals surface area contributed by atoms with Crippen molar-refractivity contribution in [3.63, 3.8) is 0 Å². The van der Waals surface area contributed by atoms with Crippen LogP contribution in [0.5, 0.6) is 0 Å². The fourth-order valence-electron chi connectivity index (χ4n) is 2.22. The molecular weight excluding hydrogens is 383 g/mol. The van der Waals surface area contributed by atoms with Crippen molar-refractivity contribution in [3.8, 4) is 0 Å². The van der Waals surface area contributed by atoms with Gasteiger partial charge >= 0.3 is 0 Å². The van der Waals surface area contributed by atoms with E-state index < -0.39 is 15.9 Å². The molecule has 0 atom stereocenters. The van der Waals surface area contributed by atoms with Gasteiger partial charge in [-0.05, 0) is 42.3 Å². The van der Waals surface area contributed by atoms with E-state index in [-0.39, 0.29) is 13.1 Å². The number of sulfonamides is 1. The number of carbonyl (C=O) groups excluding carboxylic acids is 1. The first-order chi connectivity index (χ1) is 11.6. The molecule has 0 heterocycles. The van der Waals surface area contributed by atoms with Crippen molar-refractivity contribution in [1.29, 1.82) is 0 Å². The van der Waals surface area contributed by atoms with E-state index in [0.717, 1.165) is 16.1 Å². The number of benzene rings is 2. The predicted octanol–water partition coefficient (Wildman–Crippen LogP) is 3.70. The van der Waals surface area contributed by atoms with Gasteiger partial charge in [-0.15, -0.1) is 0 Å². The maximum absolute atomic E-state index is 12.2. The zero-order valence-electron chi connectivity index (χ0n) is 13.8. The van der Waals surface area contributed by atoms with Crippen LogP contribution < -0.4 is 5.32 Å². The number of nitrogens with one attached hydrogen (secondary N) is 1. The van der Waals surface area contributed by atoms with Crippen LogP contribution in [0.25, 0.3) is 0 Å². The van der Waals surface area contributed by atoms with E-state index in [2.05, 4.69) is 5.32 Å². The van der Waals surface area contributed by atoms with Gasteiger partial charge in [0.25, 0.3) is 0 Å². The molecule has 2 aromatic carbocycles. The molecule has 0 aliphatic rings. The molecule has 25 heavy (non-hydrogen) atoms. The number of amides is 1. The first-order valence-electron chi connectivity index (χ1n) is 7.41. The highest BCUT2D eigenvalue weighted by atomic mass is 35.5. The molecule has 0 aromatic heterocycles. The number of anilines is 1. The van der Waals surface area contributed by atoms with E-state index in [0.29, 0.717) is 21.3 Å². The molecule has 0 bridgehead atoms. The molecule has 0 radical (unpaired) electrons. The van der Waals surface area contributed by atoms with Gasteiger partial charge in [0.2, 0.25) is 15.9 Å². The standard InChI is InChI=1S/C17H18Cl2N2O3S/c1-12-4-3-5-14(8-12)20-17(22)11-21(25(2,23)24)10-13-6-7-15(18)16(19)9-13/h3-9H,10-11H2,1-2H3,(H,20,22). The number of rotatable bonds is 6. The summed E-state index contributed by atoms with van der Waals surface area (Å²) in [6, 6.07) is 12.1. The SMILES string of the molecule is Cc1cccc(NC(=O)CN(Cc2ccc(Cl)c(Cl)c2)S(C)(=O)=O)c1. The molecule has 1 N–H and O–H groups in total. The first kappa shape index (κ1) is 19.7. The normalized spacial score (nSPS) is 11.6. The van der Waals surface area contributed by atoms with Crippen LogP contribution in [0, 0.1) is 6.92 Å². The average molecular weight is 401 g/mol. The molecule has 134 valence electrons. The summed E-state index contributed by atoms with van der Waals surface area (Å²) < 4.78 is 25.1. The van der Waals surface area contributed by atoms with Gasteiger partial charge in [0.1, 0.15) is 0 Å². The molecule has 0 aliphatic carbocycles. The van der Waals surface area contributed by atoms with Crippen molar-refractivity contribution in [3.05, 3.63) is 63.6 Å².